The van der Waals surface area contributed by atoms with E-state index in [1.165, 1.54) is 0 Å². The third-order valence-corrected chi connectivity index (χ3v) is 4.68. The van der Waals surface area contributed by atoms with Gasteiger partial charge in [0.15, 0.2) is 5.88 Å². The van der Waals surface area contributed by atoms with Gasteiger partial charge in [0, 0.05) is 42.6 Å². The number of halogens is 1. The van der Waals surface area contributed by atoms with Gasteiger partial charge in [-0.05, 0) is 43.3 Å². The molecule has 0 fully saturated rings. The molecule has 0 unspecified atom stereocenters. The van der Waals surface area contributed by atoms with E-state index in [0.29, 0.717) is 34.7 Å². The van der Waals surface area contributed by atoms with Gasteiger partial charge in [0.05, 0.1) is 17.1 Å². The van der Waals surface area contributed by atoms with Crippen LogP contribution in [0.2, 0.25) is 5.15 Å². The van der Waals surface area contributed by atoms with E-state index < -0.39 is 0 Å². The molecule has 0 saturated heterocycles. The number of hydrogen-bond acceptors (Lipinski definition) is 6. The molecule has 0 aliphatic carbocycles. The van der Waals surface area contributed by atoms with Crippen LogP contribution in [0.25, 0.3) is 11.3 Å². The highest BCUT2D eigenvalue weighted by Crippen LogP contribution is 2.32. The highest BCUT2D eigenvalue weighted by molar-refractivity contribution is 6.30. The monoisotopic (exact) mass is 431 g/mol. The SMILES string of the molecule is CC#Cc1ccc(-c2ccc(CN)c(Cl)n2)c(O/C(=C/C(=N)c2ccccn2)NC)c1. The third kappa shape index (κ3) is 5.48. The zero-order valence-corrected chi connectivity index (χ0v) is 18.0. The first kappa shape index (κ1) is 22.0. The Bertz CT molecular complexity index is 1180. The van der Waals surface area contributed by atoms with E-state index in [-0.39, 0.29) is 5.71 Å². The van der Waals surface area contributed by atoms with Crippen molar-refractivity contribution in [2.75, 3.05) is 7.05 Å². The van der Waals surface area contributed by atoms with Gasteiger partial charge >= 0.3 is 0 Å². The second-order valence-corrected chi connectivity index (χ2v) is 6.78. The van der Waals surface area contributed by atoms with Gasteiger partial charge in [-0.2, -0.15) is 0 Å². The summed E-state index contributed by atoms with van der Waals surface area (Å²) in [5.41, 5.74) is 9.38. The van der Waals surface area contributed by atoms with Crippen LogP contribution in [-0.2, 0) is 6.54 Å². The van der Waals surface area contributed by atoms with Crippen LogP contribution in [0.3, 0.4) is 0 Å². The largest absolute Gasteiger partial charge is 0.441 e. The minimum atomic E-state index is 0.212. The molecule has 156 valence electrons. The first-order chi connectivity index (χ1) is 15.0. The zero-order valence-electron chi connectivity index (χ0n) is 17.2. The van der Waals surface area contributed by atoms with Gasteiger partial charge in [0.1, 0.15) is 10.9 Å². The molecule has 0 atom stereocenters. The lowest BCUT2D eigenvalue weighted by Gasteiger charge is -2.15. The summed E-state index contributed by atoms with van der Waals surface area (Å²) < 4.78 is 6.13. The van der Waals surface area contributed by atoms with Gasteiger partial charge < -0.3 is 15.8 Å². The second-order valence-electron chi connectivity index (χ2n) is 6.43. The van der Waals surface area contributed by atoms with Crippen molar-refractivity contribution in [1.29, 1.82) is 5.41 Å². The van der Waals surface area contributed by atoms with E-state index in [9.17, 15) is 0 Å². The van der Waals surface area contributed by atoms with Crippen LogP contribution >= 0.6 is 11.6 Å². The molecule has 7 heteroatoms. The van der Waals surface area contributed by atoms with E-state index in [2.05, 4.69) is 27.1 Å². The van der Waals surface area contributed by atoms with Gasteiger partial charge in [0.25, 0.3) is 0 Å². The lowest BCUT2D eigenvalue weighted by Crippen LogP contribution is -2.15. The summed E-state index contributed by atoms with van der Waals surface area (Å²) in [5, 5.41) is 11.6. The molecule has 0 bridgehead atoms. The predicted octanol–water partition coefficient (Wildman–Crippen LogP) is 4.13. The molecule has 3 aromatic rings. The topological polar surface area (TPSA) is 96.9 Å². The Morgan fingerprint density at radius 3 is 2.74 bits per heavy atom. The Hall–Kier alpha value is -3.66. The van der Waals surface area contributed by atoms with Crippen molar-refractivity contribution in [3.05, 3.63) is 88.7 Å². The Labute approximate surface area is 186 Å². The summed E-state index contributed by atoms with van der Waals surface area (Å²) in [6, 6.07) is 14.7. The maximum Gasteiger partial charge on any atom is 0.195 e. The van der Waals surface area contributed by atoms with Crippen molar-refractivity contribution >= 4 is 17.3 Å². The molecule has 1 aromatic carbocycles. The van der Waals surface area contributed by atoms with E-state index in [0.717, 1.165) is 16.7 Å². The molecule has 0 aliphatic rings. The second kappa shape index (κ2) is 10.4. The normalized spacial score (nSPS) is 10.8. The van der Waals surface area contributed by atoms with Gasteiger partial charge in [-0.15, -0.1) is 5.92 Å². The summed E-state index contributed by atoms with van der Waals surface area (Å²) in [7, 11) is 1.72. The Kier molecular flexibility index (Phi) is 7.39. The van der Waals surface area contributed by atoms with Crippen molar-refractivity contribution in [2.24, 2.45) is 5.73 Å². The average molecular weight is 432 g/mol. The molecule has 0 aliphatic heterocycles. The maximum atomic E-state index is 8.31. The van der Waals surface area contributed by atoms with Crippen LogP contribution in [-0.4, -0.2) is 22.7 Å². The van der Waals surface area contributed by atoms with Crippen molar-refractivity contribution in [1.82, 2.24) is 15.3 Å². The molecule has 4 N–H and O–H groups in total. The number of ether oxygens (including phenoxy) is 1. The molecule has 31 heavy (non-hydrogen) atoms. The molecule has 6 nitrogen and oxygen atoms in total. The number of nitrogens with one attached hydrogen (secondary N) is 2. The van der Waals surface area contributed by atoms with E-state index in [1.807, 2.05) is 36.4 Å². The van der Waals surface area contributed by atoms with Crippen molar-refractivity contribution in [2.45, 2.75) is 13.5 Å². The standard InChI is InChI=1S/C24H22ClN5O/c1-3-6-16-8-10-18(20-11-9-17(15-26)24(25)30-20)22(13-16)31-23(28-2)14-19(27)21-7-4-5-12-29-21/h4-5,7-14,27-28H,15,26H2,1-2H3/b23-14+,27-19?. The molecular weight excluding hydrogens is 410 g/mol. The summed E-state index contributed by atoms with van der Waals surface area (Å²) in [6.45, 7) is 2.08. The highest BCUT2D eigenvalue weighted by Gasteiger charge is 2.13. The number of benzene rings is 1. The maximum absolute atomic E-state index is 8.31. The molecule has 3 rings (SSSR count). The van der Waals surface area contributed by atoms with Crippen molar-refractivity contribution in [3.8, 4) is 28.8 Å². The molecular formula is C24H22ClN5O. The van der Waals surface area contributed by atoms with Crippen LogP contribution in [0.5, 0.6) is 5.75 Å². The van der Waals surface area contributed by atoms with Crippen LogP contribution in [0.15, 0.2) is 66.7 Å². The summed E-state index contributed by atoms with van der Waals surface area (Å²) in [5.74, 6) is 6.82. The minimum Gasteiger partial charge on any atom is -0.441 e. The summed E-state index contributed by atoms with van der Waals surface area (Å²) in [4.78, 5) is 8.67. The summed E-state index contributed by atoms with van der Waals surface area (Å²) >= 11 is 6.27. The number of hydrogen-bond donors (Lipinski definition) is 3. The number of rotatable bonds is 7. The number of nitrogens with two attached hydrogens (primary N) is 1. The molecule has 2 aromatic heterocycles. The van der Waals surface area contributed by atoms with Crippen LogP contribution in [0, 0.1) is 17.3 Å². The van der Waals surface area contributed by atoms with Gasteiger partial charge in [-0.25, -0.2) is 4.98 Å². The van der Waals surface area contributed by atoms with Gasteiger partial charge in [0.2, 0.25) is 0 Å². The first-order valence-corrected chi connectivity index (χ1v) is 9.93. The van der Waals surface area contributed by atoms with Crippen LogP contribution in [0.4, 0.5) is 0 Å². The fourth-order valence-electron chi connectivity index (χ4n) is 2.80. The smallest absolute Gasteiger partial charge is 0.195 e. The first-order valence-electron chi connectivity index (χ1n) is 9.55. The average Bonchev–Trinajstić information content (AvgIpc) is 2.79. The molecule has 0 spiro atoms. The lowest BCUT2D eigenvalue weighted by atomic mass is 10.1. The fraction of sp³-hybridized carbons (Fsp3) is 0.125. The number of aromatic nitrogens is 2. The number of pyridine rings is 2. The lowest BCUT2D eigenvalue weighted by molar-refractivity contribution is 0.394. The van der Waals surface area contributed by atoms with Crippen LogP contribution < -0.4 is 15.8 Å². The van der Waals surface area contributed by atoms with E-state index >= 15 is 0 Å². The molecule has 2 heterocycles. The number of allylic oxidation sites excluding steroid dienone is 1. The quantitative estimate of drug-likeness (QED) is 0.226. The highest BCUT2D eigenvalue weighted by atomic mass is 35.5. The molecule has 0 amide bonds. The fourth-order valence-corrected chi connectivity index (χ4v) is 3.04. The van der Waals surface area contributed by atoms with Crippen molar-refractivity contribution in [3.63, 3.8) is 0 Å². The molecule has 0 radical (unpaired) electrons. The molecule has 0 saturated carbocycles. The third-order valence-electron chi connectivity index (χ3n) is 4.36. The minimum absolute atomic E-state index is 0.212. The van der Waals surface area contributed by atoms with Crippen molar-refractivity contribution < 1.29 is 4.74 Å². The Balaban J connectivity index is 2.02. The number of nitrogens with zero attached hydrogens (tertiary/aromatic N) is 2. The van der Waals surface area contributed by atoms with E-state index in [4.69, 9.17) is 27.5 Å². The van der Waals surface area contributed by atoms with E-state index in [1.54, 1.807) is 38.4 Å². The Morgan fingerprint density at radius 1 is 1.26 bits per heavy atom. The Morgan fingerprint density at radius 2 is 2.10 bits per heavy atom. The summed E-state index contributed by atoms with van der Waals surface area (Å²) in [6.07, 6.45) is 3.21. The van der Waals surface area contributed by atoms with Gasteiger partial charge in [-0.3, -0.25) is 10.4 Å². The zero-order chi connectivity index (χ0) is 22.2. The van der Waals surface area contributed by atoms with Crippen LogP contribution in [0.1, 0.15) is 23.7 Å². The predicted molar refractivity (Wildman–Crippen MR) is 124 cm³/mol. The van der Waals surface area contributed by atoms with Gasteiger partial charge in [-0.1, -0.05) is 29.7 Å².